The SMILES string of the molecule is COc1cccc([C@@]23CCN(CC4CC4)C[C@@]2(OC)CC[C@@H](N(CC(C)C)C(=O)c2ccccc2)C3)c1. The van der Waals surface area contributed by atoms with Crippen molar-refractivity contribution in [2.75, 3.05) is 40.4 Å². The number of hydrogen-bond donors (Lipinski definition) is 0. The third kappa shape index (κ3) is 5.18. The highest BCUT2D eigenvalue weighted by molar-refractivity contribution is 5.94. The van der Waals surface area contributed by atoms with Crippen molar-refractivity contribution in [1.82, 2.24) is 9.80 Å². The zero-order valence-electron chi connectivity index (χ0n) is 23.1. The Kier molecular flexibility index (Phi) is 7.65. The van der Waals surface area contributed by atoms with E-state index in [0.717, 1.165) is 62.5 Å². The second-order valence-electron chi connectivity index (χ2n) is 12.1. The van der Waals surface area contributed by atoms with Crippen molar-refractivity contribution in [1.29, 1.82) is 0 Å². The molecule has 37 heavy (non-hydrogen) atoms. The first-order chi connectivity index (χ1) is 17.9. The van der Waals surface area contributed by atoms with Crippen molar-refractivity contribution in [3.8, 4) is 5.75 Å². The summed E-state index contributed by atoms with van der Waals surface area (Å²) in [5.74, 6) is 2.30. The van der Waals surface area contributed by atoms with E-state index in [2.05, 4.69) is 41.8 Å². The Labute approximate surface area is 223 Å². The van der Waals surface area contributed by atoms with E-state index in [1.165, 1.54) is 24.9 Å². The first-order valence-corrected chi connectivity index (χ1v) is 14.2. The summed E-state index contributed by atoms with van der Waals surface area (Å²) in [5.41, 5.74) is 1.62. The normalized spacial score (nSPS) is 28.1. The quantitative estimate of drug-likeness (QED) is 0.434. The number of benzene rings is 2. The number of carbonyl (C=O) groups is 1. The van der Waals surface area contributed by atoms with Crippen molar-refractivity contribution in [3.63, 3.8) is 0 Å². The molecule has 3 fully saturated rings. The number of carbonyl (C=O) groups excluding carboxylic acids is 1. The number of hydrogen-bond acceptors (Lipinski definition) is 4. The Bertz CT molecular complexity index is 1070. The summed E-state index contributed by atoms with van der Waals surface area (Å²) in [6, 6.07) is 18.6. The van der Waals surface area contributed by atoms with E-state index in [4.69, 9.17) is 9.47 Å². The molecule has 0 bridgehead atoms. The van der Waals surface area contributed by atoms with E-state index in [0.29, 0.717) is 5.92 Å². The molecular weight excluding hydrogens is 460 g/mol. The Morgan fingerprint density at radius 2 is 1.84 bits per heavy atom. The lowest BCUT2D eigenvalue weighted by atomic mass is 9.54. The molecule has 1 aliphatic heterocycles. The summed E-state index contributed by atoms with van der Waals surface area (Å²) in [6.07, 6.45) is 6.59. The first-order valence-electron chi connectivity index (χ1n) is 14.2. The molecule has 2 aromatic rings. The van der Waals surface area contributed by atoms with Crippen LogP contribution in [-0.2, 0) is 10.2 Å². The predicted molar refractivity (Wildman–Crippen MR) is 148 cm³/mol. The second-order valence-corrected chi connectivity index (χ2v) is 12.1. The van der Waals surface area contributed by atoms with Crippen LogP contribution in [0.2, 0.25) is 0 Å². The van der Waals surface area contributed by atoms with Crippen molar-refractivity contribution < 1.29 is 14.3 Å². The van der Waals surface area contributed by atoms with E-state index >= 15 is 0 Å². The van der Waals surface area contributed by atoms with Crippen LogP contribution in [0.5, 0.6) is 5.75 Å². The average Bonchev–Trinajstić information content (AvgIpc) is 3.75. The van der Waals surface area contributed by atoms with Gasteiger partial charge < -0.3 is 19.3 Å². The maximum Gasteiger partial charge on any atom is 0.254 e. The van der Waals surface area contributed by atoms with Gasteiger partial charge in [0.1, 0.15) is 5.75 Å². The number of amides is 1. The van der Waals surface area contributed by atoms with Gasteiger partial charge in [0, 0.05) is 43.8 Å². The fourth-order valence-electron chi connectivity index (χ4n) is 7.11. The number of piperidine rings is 1. The topological polar surface area (TPSA) is 42.0 Å². The lowest BCUT2D eigenvalue weighted by Gasteiger charge is -2.61. The highest BCUT2D eigenvalue weighted by atomic mass is 16.5. The Hall–Kier alpha value is -2.37. The molecule has 3 aliphatic rings. The summed E-state index contributed by atoms with van der Waals surface area (Å²) >= 11 is 0. The van der Waals surface area contributed by atoms with E-state index < -0.39 is 0 Å². The third-order valence-corrected chi connectivity index (χ3v) is 9.18. The van der Waals surface area contributed by atoms with Gasteiger partial charge in [-0.1, -0.05) is 44.2 Å². The molecule has 0 radical (unpaired) electrons. The minimum Gasteiger partial charge on any atom is -0.497 e. The van der Waals surface area contributed by atoms with Crippen LogP contribution in [0.15, 0.2) is 54.6 Å². The minimum absolute atomic E-state index is 0.149. The number of likely N-dealkylation sites (tertiary alicyclic amines) is 1. The standard InChI is InChI=1S/C32H44N2O3/c1-24(2)21-34(30(35)26-9-6-5-7-10-26)28-15-16-32(37-4)23-33(22-25-13-14-25)18-17-31(32,20-28)27-11-8-12-29(19-27)36-3/h5-12,19,24-25,28H,13-18,20-23H2,1-4H3/t28-,31+,32+/m1/s1. The van der Waals surface area contributed by atoms with Crippen LogP contribution >= 0.6 is 0 Å². The average molecular weight is 505 g/mol. The maximum atomic E-state index is 13.9. The van der Waals surface area contributed by atoms with Gasteiger partial charge in [-0.25, -0.2) is 0 Å². The van der Waals surface area contributed by atoms with Crippen molar-refractivity contribution in [3.05, 3.63) is 65.7 Å². The molecule has 5 nitrogen and oxygen atoms in total. The molecule has 3 atom stereocenters. The molecule has 0 unspecified atom stereocenters. The van der Waals surface area contributed by atoms with Gasteiger partial charge in [-0.15, -0.1) is 0 Å². The lowest BCUT2D eigenvalue weighted by Crippen LogP contribution is -2.68. The van der Waals surface area contributed by atoms with Gasteiger partial charge >= 0.3 is 0 Å². The molecule has 1 heterocycles. The summed E-state index contributed by atoms with van der Waals surface area (Å²) in [6.45, 7) is 8.40. The van der Waals surface area contributed by atoms with Crippen LogP contribution in [-0.4, -0.2) is 67.7 Å². The summed E-state index contributed by atoms with van der Waals surface area (Å²) in [7, 11) is 3.65. The molecular formula is C32H44N2O3. The van der Waals surface area contributed by atoms with Crippen LogP contribution < -0.4 is 4.74 Å². The number of ether oxygens (including phenoxy) is 2. The zero-order valence-corrected chi connectivity index (χ0v) is 23.1. The maximum absolute atomic E-state index is 13.9. The Morgan fingerprint density at radius 3 is 2.51 bits per heavy atom. The molecule has 1 saturated heterocycles. The molecule has 2 saturated carbocycles. The molecule has 2 aliphatic carbocycles. The molecule has 0 N–H and O–H groups in total. The number of rotatable bonds is 9. The molecule has 200 valence electrons. The van der Waals surface area contributed by atoms with Gasteiger partial charge in [0.05, 0.1) is 12.7 Å². The fraction of sp³-hybridized carbons (Fsp3) is 0.594. The van der Waals surface area contributed by atoms with Crippen LogP contribution in [0.25, 0.3) is 0 Å². The fourth-order valence-corrected chi connectivity index (χ4v) is 7.11. The summed E-state index contributed by atoms with van der Waals surface area (Å²) in [5, 5.41) is 0. The molecule has 0 aromatic heterocycles. The van der Waals surface area contributed by atoms with Gasteiger partial charge in [0.15, 0.2) is 0 Å². The van der Waals surface area contributed by atoms with E-state index in [9.17, 15) is 4.79 Å². The van der Waals surface area contributed by atoms with Crippen molar-refractivity contribution in [2.45, 2.75) is 69.4 Å². The first kappa shape index (κ1) is 26.2. The monoisotopic (exact) mass is 504 g/mol. The highest BCUT2D eigenvalue weighted by Gasteiger charge is 2.60. The highest BCUT2D eigenvalue weighted by Crippen LogP contribution is 2.55. The Balaban J connectivity index is 1.53. The van der Waals surface area contributed by atoms with Crippen LogP contribution in [0.3, 0.4) is 0 Å². The summed E-state index contributed by atoms with van der Waals surface area (Å²) < 4.78 is 12.3. The van der Waals surface area contributed by atoms with Crippen molar-refractivity contribution >= 4 is 5.91 Å². The molecule has 0 spiro atoms. The van der Waals surface area contributed by atoms with Gasteiger partial charge in [0.25, 0.3) is 5.91 Å². The lowest BCUT2D eigenvalue weighted by molar-refractivity contribution is -0.155. The second kappa shape index (κ2) is 10.8. The number of methoxy groups -OCH3 is 2. The van der Waals surface area contributed by atoms with Crippen LogP contribution in [0.1, 0.15) is 68.3 Å². The van der Waals surface area contributed by atoms with Gasteiger partial charge in [-0.05, 0) is 86.7 Å². The largest absolute Gasteiger partial charge is 0.497 e. The zero-order chi connectivity index (χ0) is 26.0. The van der Waals surface area contributed by atoms with Gasteiger partial charge in [0.2, 0.25) is 0 Å². The molecule has 2 aromatic carbocycles. The Morgan fingerprint density at radius 1 is 1.05 bits per heavy atom. The summed E-state index contributed by atoms with van der Waals surface area (Å²) in [4.78, 5) is 18.7. The number of fused-ring (bicyclic) bond motifs is 1. The third-order valence-electron chi connectivity index (χ3n) is 9.18. The van der Waals surface area contributed by atoms with Crippen LogP contribution in [0.4, 0.5) is 0 Å². The van der Waals surface area contributed by atoms with E-state index in [1.54, 1.807) is 7.11 Å². The van der Waals surface area contributed by atoms with E-state index in [1.807, 2.05) is 43.5 Å². The molecule has 5 heteroatoms. The predicted octanol–water partition coefficient (Wildman–Crippen LogP) is 5.78. The number of nitrogens with zero attached hydrogens (tertiary/aromatic N) is 2. The van der Waals surface area contributed by atoms with E-state index in [-0.39, 0.29) is 23.0 Å². The van der Waals surface area contributed by atoms with Crippen LogP contribution in [0, 0.1) is 11.8 Å². The smallest absolute Gasteiger partial charge is 0.254 e. The molecule has 5 rings (SSSR count). The van der Waals surface area contributed by atoms with Gasteiger partial charge in [-0.2, -0.15) is 0 Å². The molecule has 1 amide bonds. The van der Waals surface area contributed by atoms with Crippen molar-refractivity contribution in [2.24, 2.45) is 11.8 Å². The van der Waals surface area contributed by atoms with Gasteiger partial charge in [-0.3, -0.25) is 4.79 Å². The minimum atomic E-state index is -0.275.